The molecule has 0 fully saturated rings. The van der Waals surface area contributed by atoms with Gasteiger partial charge in [-0.25, -0.2) is 14.8 Å². The molecule has 0 aliphatic carbocycles. The van der Waals surface area contributed by atoms with Crippen LogP contribution in [0.25, 0.3) is 0 Å². The summed E-state index contributed by atoms with van der Waals surface area (Å²) in [6.45, 7) is 1.96. The Hall–Kier alpha value is -2.56. The summed E-state index contributed by atoms with van der Waals surface area (Å²) in [5, 5.41) is 16.5. The number of hydrogen-bond donors (Lipinski definition) is 0. The van der Waals surface area contributed by atoms with Crippen LogP contribution in [0.1, 0.15) is 25.0 Å². The van der Waals surface area contributed by atoms with Crippen LogP contribution in [-0.4, -0.2) is 35.6 Å². The Morgan fingerprint density at radius 3 is 3.00 bits per heavy atom. The van der Waals surface area contributed by atoms with E-state index in [1.54, 1.807) is 0 Å². The lowest BCUT2D eigenvalue weighted by Crippen LogP contribution is -2.22. The van der Waals surface area contributed by atoms with Crippen molar-refractivity contribution < 1.29 is 4.79 Å². The van der Waals surface area contributed by atoms with Crippen molar-refractivity contribution in [3.05, 3.63) is 24.3 Å². The Morgan fingerprint density at radius 2 is 2.41 bits per heavy atom. The van der Waals surface area contributed by atoms with Gasteiger partial charge in [0, 0.05) is 6.42 Å². The highest BCUT2D eigenvalue weighted by molar-refractivity contribution is 5.78. The minimum absolute atomic E-state index is 0.0473. The number of rotatable bonds is 2. The molecule has 8 heteroatoms. The van der Waals surface area contributed by atoms with Gasteiger partial charge in [0.25, 0.3) is 0 Å². The van der Waals surface area contributed by atoms with Gasteiger partial charge in [-0.3, -0.25) is 0 Å². The first-order valence-electron chi connectivity index (χ1n) is 5.01. The minimum Gasteiger partial charge on any atom is -0.243 e. The highest BCUT2D eigenvalue weighted by atomic mass is 16.2. The van der Waals surface area contributed by atoms with E-state index in [4.69, 9.17) is 5.26 Å². The highest BCUT2D eigenvalue weighted by Crippen LogP contribution is 2.01. The van der Waals surface area contributed by atoms with Gasteiger partial charge in [-0.1, -0.05) is 6.92 Å². The third-order valence-corrected chi connectivity index (χ3v) is 2.02. The first-order chi connectivity index (χ1) is 8.26. The van der Waals surface area contributed by atoms with E-state index in [0.717, 1.165) is 15.8 Å². The number of nitriles is 1. The summed E-state index contributed by atoms with van der Waals surface area (Å²) in [5.41, 5.74) is 0. The maximum absolute atomic E-state index is 11.9. The molecule has 0 saturated heterocycles. The molecule has 17 heavy (non-hydrogen) atoms. The van der Waals surface area contributed by atoms with Crippen LogP contribution >= 0.6 is 0 Å². The van der Waals surface area contributed by atoms with E-state index in [9.17, 15) is 4.79 Å². The predicted octanol–water partition coefficient (Wildman–Crippen LogP) is 0.210. The lowest BCUT2D eigenvalue weighted by atomic mass is 10.3. The van der Waals surface area contributed by atoms with Gasteiger partial charge < -0.3 is 0 Å². The molecule has 2 rings (SSSR count). The van der Waals surface area contributed by atoms with Crippen LogP contribution in [0.5, 0.6) is 0 Å². The van der Waals surface area contributed by atoms with Gasteiger partial charge in [0.15, 0.2) is 5.82 Å². The van der Waals surface area contributed by atoms with Gasteiger partial charge in [-0.05, 0) is 6.42 Å². The number of carbonyl (C=O) groups is 1. The van der Waals surface area contributed by atoms with Gasteiger partial charge in [-0.2, -0.15) is 15.0 Å². The number of carbonyl (C=O) groups excluding carboxylic acids is 1. The summed E-state index contributed by atoms with van der Waals surface area (Å²) in [7, 11) is 0. The molecule has 0 atom stereocenters. The molecule has 0 bridgehead atoms. The lowest BCUT2D eigenvalue weighted by molar-refractivity contribution is 0.237. The van der Waals surface area contributed by atoms with Gasteiger partial charge >= 0.3 is 6.03 Å². The van der Waals surface area contributed by atoms with Crippen LogP contribution in [0.3, 0.4) is 0 Å². The lowest BCUT2D eigenvalue weighted by Gasteiger charge is -1.97. The largest absolute Gasteiger partial charge is 0.373 e. The van der Waals surface area contributed by atoms with Crippen LogP contribution < -0.4 is 0 Å². The summed E-state index contributed by atoms with van der Waals surface area (Å²) in [6.07, 6.45) is 3.93. The van der Waals surface area contributed by atoms with Crippen molar-refractivity contribution in [3.63, 3.8) is 0 Å². The maximum atomic E-state index is 11.9. The van der Waals surface area contributed by atoms with Crippen LogP contribution in [-0.2, 0) is 6.42 Å². The summed E-state index contributed by atoms with van der Waals surface area (Å²) in [6, 6.07) is 1.25. The molecular weight excluding hydrogens is 222 g/mol. The second-order valence-corrected chi connectivity index (χ2v) is 3.25. The molecule has 0 amide bonds. The Labute approximate surface area is 96.5 Å². The molecule has 0 aliphatic heterocycles. The third kappa shape index (κ3) is 2.03. The van der Waals surface area contributed by atoms with E-state index < -0.39 is 6.03 Å². The van der Waals surface area contributed by atoms with Gasteiger partial charge in [0.05, 0.1) is 0 Å². The molecule has 2 aromatic rings. The summed E-state index contributed by atoms with van der Waals surface area (Å²) < 4.78 is 1.92. The highest BCUT2D eigenvalue weighted by Gasteiger charge is 2.17. The van der Waals surface area contributed by atoms with E-state index in [0.29, 0.717) is 12.2 Å². The molecule has 0 N–H and O–H groups in total. The second-order valence-electron chi connectivity index (χ2n) is 3.25. The van der Waals surface area contributed by atoms with Gasteiger partial charge in [0.2, 0.25) is 5.82 Å². The first kappa shape index (κ1) is 10.9. The maximum Gasteiger partial charge on any atom is 0.373 e. The van der Waals surface area contributed by atoms with E-state index >= 15 is 0 Å². The zero-order chi connectivity index (χ0) is 12.3. The SMILES string of the molecule is CCCc1nc(C#N)n(C(=O)n2cncn2)n1. The Bertz CT molecular complexity index is 563. The van der Waals surface area contributed by atoms with Crippen molar-refractivity contribution in [3.8, 4) is 6.07 Å². The van der Waals surface area contributed by atoms with Crippen molar-refractivity contribution in [2.75, 3.05) is 0 Å². The predicted molar refractivity (Wildman–Crippen MR) is 54.9 cm³/mol. The molecule has 86 valence electrons. The smallest absolute Gasteiger partial charge is 0.243 e. The standard InChI is InChI=1S/C9H9N7O/c1-2-3-7-13-8(4-10)16(14-7)9(17)15-6-11-5-12-15/h5-6H,2-3H2,1H3. The van der Waals surface area contributed by atoms with Crippen molar-refractivity contribution >= 4 is 6.03 Å². The Balaban J connectivity index is 2.38. The van der Waals surface area contributed by atoms with Gasteiger partial charge in [-0.15, -0.1) is 9.78 Å². The average Bonchev–Trinajstić information content (AvgIpc) is 2.97. The van der Waals surface area contributed by atoms with E-state index in [1.165, 1.54) is 12.7 Å². The summed E-state index contributed by atoms with van der Waals surface area (Å²) in [4.78, 5) is 19.5. The normalized spacial score (nSPS) is 10.1. The number of hydrogen-bond acceptors (Lipinski definition) is 6. The minimum atomic E-state index is -0.575. The molecule has 2 heterocycles. The second kappa shape index (κ2) is 4.52. The van der Waals surface area contributed by atoms with Crippen molar-refractivity contribution in [1.82, 2.24) is 29.5 Å². The zero-order valence-corrected chi connectivity index (χ0v) is 9.11. The molecule has 0 spiro atoms. The number of aryl methyl sites for hydroxylation is 1. The topological polar surface area (TPSA) is 102 Å². The molecule has 8 nitrogen and oxygen atoms in total. The quantitative estimate of drug-likeness (QED) is 0.732. The van der Waals surface area contributed by atoms with Crippen LogP contribution in [0.15, 0.2) is 12.7 Å². The van der Waals surface area contributed by atoms with Crippen LogP contribution in [0.2, 0.25) is 0 Å². The first-order valence-corrected chi connectivity index (χ1v) is 5.01. The summed E-state index contributed by atoms with van der Waals surface area (Å²) >= 11 is 0. The molecule has 0 aromatic carbocycles. The third-order valence-electron chi connectivity index (χ3n) is 2.02. The fraction of sp³-hybridized carbons (Fsp3) is 0.333. The van der Waals surface area contributed by atoms with E-state index in [1.807, 2.05) is 13.0 Å². The van der Waals surface area contributed by atoms with Crippen molar-refractivity contribution in [2.24, 2.45) is 0 Å². The van der Waals surface area contributed by atoms with Crippen LogP contribution in [0.4, 0.5) is 4.79 Å². The fourth-order valence-electron chi connectivity index (χ4n) is 1.29. The number of aromatic nitrogens is 6. The van der Waals surface area contributed by atoms with Crippen LogP contribution in [0, 0.1) is 11.3 Å². The molecule has 2 aromatic heterocycles. The Kier molecular flexibility index (Phi) is 2.91. The zero-order valence-electron chi connectivity index (χ0n) is 9.11. The summed E-state index contributed by atoms with van der Waals surface area (Å²) in [5.74, 6) is 0.423. The molecule has 0 saturated carbocycles. The molecule has 0 aliphatic rings. The monoisotopic (exact) mass is 231 g/mol. The van der Waals surface area contributed by atoms with Gasteiger partial charge in [0.1, 0.15) is 18.7 Å². The number of nitrogens with zero attached hydrogens (tertiary/aromatic N) is 7. The van der Waals surface area contributed by atoms with E-state index in [2.05, 4.69) is 20.2 Å². The van der Waals surface area contributed by atoms with Crippen molar-refractivity contribution in [1.29, 1.82) is 5.26 Å². The van der Waals surface area contributed by atoms with Crippen molar-refractivity contribution in [2.45, 2.75) is 19.8 Å². The molecule has 0 unspecified atom stereocenters. The molecular formula is C9H9N7O. The average molecular weight is 231 g/mol. The fourth-order valence-corrected chi connectivity index (χ4v) is 1.29. The van der Waals surface area contributed by atoms with E-state index in [-0.39, 0.29) is 5.82 Å². The Morgan fingerprint density at radius 1 is 1.59 bits per heavy atom. The molecule has 0 radical (unpaired) electrons.